The predicted octanol–water partition coefficient (Wildman–Crippen LogP) is 2.71. The molecule has 0 unspecified atom stereocenters. The molecule has 122 valence electrons. The second-order valence-corrected chi connectivity index (χ2v) is 6.06. The Labute approximate surface area is 141 Å². The van der Waals surface area contributed by atoms with Crippen molar-refractivity contribution in [1.82, 2.24) is 15.7 Å². The van der Waals surface area contributed by atoms with Gasteiger partial charge in [0.15, 0.2) is 5.11 Å². The zero-order valence-corrected chi connectivity index (χ0v) is 14.1. The molecule has 0 bridgehead atoms. The van der Waals surface area contributed by atoms with E-state index >= 15 is 0 Å². The number of H-pyrrole nitrogens is 1. The van der Waals surface area contributed by atoms with Gasteiger partial charge in [-0.2, -0.15) is 5.10 Å². The van der Waals surface area contributed by atoms with Crippen molar-refractivity contribution >= 4 is 34.4 Å². The normalized spacial score (nSPS) is 17.9. The van der Waals surface area contributed by atoms with Crippen LogP contribution in [0.25, 0.3) is 10.9 Å². The molecule has 1 aromatic carbocycles. The summed E-state index contributed by atoms with van der Waals surface area (Å²) in [6.07, 6.45) is 7.25. The molecule has 2 aromatic rings. The minimum absolute atomic E-state index is 0.264. The summed E-state index contributed by atoms with van der Waals surface area (Å²) in [5.74, 6) is 0. The second kappa shape index (κ2) is 7.57. The number of ether oxygens (including phenoxy) is 1. The van der Waals surface area contributed by atoms with Crippen LogP contribution in [0, 0.1) is 0 Å². The highest BCUT2D eigenvalue weighted by molar-refractivity contribution is 7.80. The maximum Gasteiger partial charge on any atom is 0.187 e. The molecule has 1 aromatic heterocycles. The lowest BCUT2D eigenvalue weighted by Gasteiger charge is -2.11. The van der Waals surface area contributed by atoms with E-state index in [1.807, 2.05) is 6.20 Å². The van der Waals surface area contributed by atoms with Crippen LogP contribution in [-0.4, -0.2) is 35.6 Å². The van der Waals surface area contributed by atoms with Gasteiger partial charge in [-0.3, -0.25) is 5.43 Å². The van der Waals surface area contributed by atoms with E-state index in [2.05, 4.69) is 46.0 Å². The zero-order chi connectivity index (χ0) is 16.1. The molecular weight excluding hydrogens is 308 g/mol. The van der Waals surface area contributed by atoms with Crippen LogP contribution >= 0.6 is 12.2 Å². The maximum absolute atomic E-state index is 5.54. The fourth-order valence-corrected chi connectivity index (χ4v) is 2.99. The van der Waals surface area contributed by atoms with Crippen LogP contribution < -0.4 is 10.7 Å². The van der Waals surface area contributed by atoms with Crippen molar-refractivity contribution in [3.63, 3.8) is 0 Å². The minimum atomic E-state index is 0.264. The summed E-state index contributed by atoms with van der Waals surface area (Å²) in [6, 6.07) is 6.32. The van der Waals surface area contributed by atoms with Gasteiger partial charge in [0.05, 0.1) is 12.3 Å². The topological polar surface area (TPSA) is 61.4 Å². The van der Waals surface area contributed by atoms with Gasteiger partial charge in [0.25, 0.3) is 0 Å². The molecule has 0 amide bonds. The molecule has 5 nitrogen and oxygen atoms in total. The lowest BCUT2D eigenvalue weighted by molar-refractivity contribution is 0.114. The lowest BCUT2D eigenvalue weighted by Crippen LogP contribution is -2.37. The van der Waals surface area contributed by atoms with E-state index in [4.69, 9.17) is 17.0 Å². The molecule has 1 aliphatic heterocycles. The predicted molar refractivity (Wildman–Crippen MR) is 98.0 cm³/mol. The standard InChI is InChI=1S/C17H22N4OS/c1-2-12-5-3-7-15-13(9-18-16(12)15)10-20-21-17(23)19-11-14-6-4-8-22-14/h3,5,7,9-10,14,18H,2,4,6,8,11H2,1H3,(H2,19,21,23)/b20-10+/t14-/m0/s1. The number of aromatic nitrogens is 1. The number of aromatic amines is 1. The second-order valence-electron chi connectivity index (χ2n) is 5.65. The molecule has 3 N–H and O–H groups in total. The molecule has 1 aliphatic rings. The number of nitrogens with one attached hydrogen (secondary N) is 3. The number of fused-ring (bicyclic) bond motifs is 1. The lowest BCUT2D eigenvalue weighted by atomic mass is 10.1. The highest BCUT2D eigenvalue weighted by Gasteiger charge is 2.15. The van der Waals surface area contributed by atoms with Crippen LogP contribution in [0.5, 0.6) is 0 Å². The summed E-state index contributed by atoms with van der Waals surface area (Å²) < 4.78 is 5.54. The molecule has 23 heavy (non-hydrogen) atoms. The number of hydrazone groups is 1. The Morgan fingerprint density at radius 2 is 2.43 bits per heavy atom. The fourth-order valence-electron chi connectivity index (χ4n) is 2.85. The van der Waals surface area contributed by atoms with Crippen LogP contribution in [0.15, 0.2) is 29.5 Å². The van der Waals surface area contributed by atoms with E-state index in [9.17, 15) is 0 Å². The third-order valence-electron chi connectivity index (χ3n) is 4.10. The first-order valence-electron chi connectivity index (χ1n) is 8.05. The Hall–Kier alpha value is -1.92. The Morgan fingerprint density at radius 3 is 3.22 bits per heavy atom. The first-order chi connectivity index (χ1) is 11.3. The van der Waals surface area contributed by atoms with Gasteiger partial charge in [0.1, 0.15) is 0 Å². The summed E-state index contributed by atoms with van der Waals surface area (Å²) in [5, 5.41) is 9.05. The van der Waals surface area contributed by atoms with Crippen LogP contribution in [0.2, 0.25) is 0 Å². The van der Waals surface area contributed by atoms with Crippen molar-refractivity contribution in [2.24, 2.45) is 5.10 Å². The van der Waals surface area contributed by atoms with Crippen LogP contribution in [0.1, 0.15) is 30.9 Å². The summed E-state index contributed by atoms with van der Waals surface area (Å²) in [5.41, 5.74) is 6.39. The van der Waals surface area contributed by atoms with Gasteiger partial charge in [-0.1, -0.05) is 25.1 Å². The number of thiocarbonyl (C=S) groups is 1. The molecule has 0 radical (unpaired) electrons. The maximum atomic E-state index is 5.54. The Balaban J connectivity index is 1.56. The average molecular weight is 330 g/mol. The summed E-state index contributed by atoms with van der Waals surface area (Å²) >= 11 is 5.22. The third-order valence-corrected chi connectivity index (χ3v) is 4.33. The number of rotatable bonds is 5. The van der Waals surface area contributed by atoms with Crippen molar-refractivity contribution in [2.45, 2.75) is 32.3 Å². The van der Waals surface area contributed by atoms with Crippen molar-refractivity contribution in [2.75, 3.05) is 13.2 Å². The number of hydrogen-bond donors (Lipinski definition) is 3. The van der Waals surface area contributed by atoms with Crippen molar-refractivity contribution in [3.8, 4) is 0 Å². The van der Waals surface area contributed by atoms with E-state index in [1.54, 1.807) is 6.21 Å². The van der Waals surface area contributed by atoms with Crippen LogP contribution in [-0.2, 0) is 11.2 Å². The third kappa shape index (κ3) is 3.89. The molecule has 0 spiro atoms. The van der Waals surface area contributed by atoms with E-state index in [1.165, 1.54) is 16.5 Å². The number of nitrogens with zero attached hydrogens (tertiary/aromatic N) is 1. The molecule has 1 atom stereocenters. The highest BCUT2D eigenvalue weighted by Crippen LogP contribution is 2.20. The van der Waals surface area contributed by atoms with Gasteiger partial charge in [0, 0.05) is 35.8 Å². The molecule has 3 rings (SSSR count). The first-order valence-corrected chi connectivity index (χ1v) is 8.46. The number of para-hydroxylation sites is 1. The first kappa shape index (κ1) is 16.0. The molecule has 0 saturated carbocycles. The largest absolute Gasteiger partial charge is 0.376 e. The van der Waals surface area contributed by atoms with Gasteiger partial charge in [-0.25, -0.2) is 0 Å². The molecule has 1 saturated heterocycles. The van der Waals surface area contributed by atoms with Crippen LogP contribution in [0.3, 0.4) is 0 Å². The van der Waals surface area contributed by atoms with Gasteiger partial charge in [0.2, 0.25) is 0 Å². The van der Waals surface area contributed by atoms with E-state index in [0.29, 0.717) is 5.11 Å². The van der Waals surface area contributed by atoms with Crippen molar-refractivity contribution in [3.05, 3.63) is 35.5 Å². The Bertz CT molecular complexity index is 704. The van der Waals surface area contributed by atoms with Gasteiger partial charge >= 0.3 is 0 Å². The Morgan fingerprint density at radius 1 is 1.52 bits per heavy atom. The smallest absolute Gasteiger partial charge is 0.187 e. The number of benzene rings is 1. The summed E-state index contributed by atoms with van der Waals surface area (Å²) in [4.78, 5) is 3.32. The van der Waals surface area contributed by atoms with Crippen LogP contribution in [0.4, 0.5) is 0 Å². The molecule has 1 fully saturated rings. The van der Waals surface area contributed by atoms with Gasteiger partial charge in [-0.15, -0.1) is 0 Å². The molecular formula is C17H22N4OS. The fraction of sp³-hybridized carbons (Fsp3) is 0.412. The zero-order valence-electron chi connectivity index (χ0n) is 13.3. The van der Waals surface area contributed by atoms with Gasteiger partial charge in [-0.05, 0) is 37.0 Å². The quantitative estimate of drug-likeness (QED) is 0.448. The van der Waals surface area contributed by atoms with Crippen molar-refractivity contribution < 1.29 is 4.74 Å². The number of hydrogen-bond acceptors (Lipinski definition) is 3. The van der Waals surface area contributed by atoms with Gasteiger partial charge < -0.3 is 15.0 Å². The Kier molecular flexibility index (Phi) is 5.25. The molecule has 2 heterocycles. The molecule has 6 heteroatoms. The van der Waals surface area contributed by atoms with Crippen molar-refractivity contribution in [1.29, 1.82) is 0 Å². The average Bonchev–Trinajstić information content (AvgIpc) is 3.22. The van der Waals surface area contributed by atoms with E-state index in [-0.39, 0.29) is 6.10 Å². The highest BCUT2D eigenvalue weighted by atomic mass is 32.1. The SMILES string of the molecule is CCc1cccc2c(/C=N/NC(=S)NC[C@@H]3CCCO3)c[nH]c12. The van der Waals surface area contributed by atoms with E-state index in [0.717, 1.165) is 38.0 Å². The summed E-state index contributed by atoms with van der Waals surface area (Å²) in [7, 11) is 0. The minimum Gasteiger partial charge on any atom is -0.376 e. The summed E-state index contributed by atoms with van der Waals surface area (Å²) in [6.45, 7) is 3.74. The number of aryl methyl sites for hydroxylation is 1. The molecule has 0 aliphatic carbocycles. The monoisotopic (exact) mass is 330 g/mol. The van der Waals surface area contributed by atoms with E-state index < -0.39 is 0 Å².